The van der Waals surface area contributed by atoms with Crippen molar-refractivity contribution in [3.8, 4) is 5.75 Å². The molecule has 1 fully saturated rings. The van der Waals surface area contributed by atoms with E-state index in [1.54, 1.807) is 18.2 Å². The average molecular weight is 496 g/mol. The number of ether oxygens (including phenoxy) is 1. The summed E-state index contributed by atoms with van der Waals surface area (Å²) in [5, 5.41) is 20.4. The molecule has 35 heavy (non-hydrogen) atoms. The van der Waals surface area contributed by atoms with E-state index in [0.29, 0.717) is 25.4 Å². The normalized spacial score (nSPS) is 25.9. The van der Waals surface area contributed by atoms with Gasteiger partial charge in [0.2, 0.25) is 0 Å². The molecule has 1 spiro atoms. The summed E-state index contributed by atoms with van der Waals surface area (Å²) in [7, 11) is 0. The Hall–Kier alpha value is -2.83. The number of carbonyl (C=O) groups is 2. The van der Waals surface area contributed by atoms with Crippen LogP contribution in [0.3, 0.4) is 0 Å². The van der Waals surface area contributed by atoms with Gasteiger partial charge in [0.05, 0.1) is 18.4 Å². The molecule has 0 radical (unpaired) electrons. The Kier molecular flexibility index (Phi) is 6.36. The Labute approximate surface area is 210 Å². The fourth-order valence-electron chi connectivity index (χ4n) is 6.11. The van der Waals surface area contributed by atoms with Crippen LogP contribution in [0.1, 0.15) is 47.2 Å². The highest BCUT2D eigenvalue weighted by Crippen LogP contribution is 2.46. The van der Waals surface area contributed by atoms with Gasteiger partial charge in [-0.2, -0.15) is 0 Å². The zero-order valence-corrected chi connectivity index (χ0v) is 20.3. The van der Waals surface area contributed by atoms with E-state index in [1.165, 1.54) is 17.2 Å². The lowest BCUT2D eigenvalue weighted by Crippen LogP contribution is -2.49. The molecule has 1 aliphatic heterocycles. The van der Waals surface area contributed by atoms with Gasteiger partial charge in [0.1, 0.15) is 5.75 Å². The molecule has 0 aromatic heterocycles. The number of hydrogen-bond acceptors (Lipinski definition) is 5. The van der Waals surface area contributed by atoms with Crippen LogP contribution >= 0.6 is 11.6 Å². The van der Waals surface area contributed by atoms with Crippen molar-refractivity contribution in [2.45, 2.75) is 43.6 Å². The van der Waals surface area contributed by atoms with Crippen molar-refractivity contribution < 1.29 is 24.5 Å². The number of carboxylic acids is 1. The number of hydrogen-bond donors (Lipinski definition) is 2. The topological polar surface area (TPSA) is 87.1 Å². The highest BCUT2D eigenvalue weighted by atomic mass is 35.5. The number of nitrogens with zero attached hydrogens (tertiary/aromatic N) is 1. The Morgan fingerprint density at radius 2 is 2.09 bits per heavy atom. The third kappa shape index (κ3) is 4.34. The number of anilines is 1. The molecule has 1 saturated carbocycles. The minimum atomic E-state index is -1.48. The summed E-state index contributed by atoms with van der Waals surface area (Å²) in [5.74, 6) is -1.37. The fourth-order valence-corrected chi connectivity index (χ4v) is 6.30. The van der Waals surface area contributed by atoms with Crippen molar-refractivity contribution in [3.05, 3.63) is 70.8 Å². The number of aliphatic hydroxyl groups excluding tert-OH is 1. The largest absolute Gasteiger partial charge is 0.490 e. The van der Waals surface area contributed by atoms with Gasteiger partial charge in [0.25, 0.3) is 5.78 Å². The molecule has 5 rings (SSSR count). The summed E-state index contributed by atoms with van der Waals surface area (Å²) in [5.41, 5.74) is 3.08. The van der Waals surface area contributed by atoms with Crippen LogP contribution in [0.25, 0.3) is 0 Å². The summed E-state index contributed by atoms with van der Waals surface area (Å²) in [6.07, 6.45) is 5.93. The van der Waals surface area contributed by atoms with E-state index in [2.05, 4.69) is 17.5 Å². The second-order valence-electron chi connectivity index (χ2n) is 10.1. The molecule has 184 valence electrons. The van der Waals surface area contributed by atoms with Gasteiger partial charge in [-0.25, -0.2) is 4.79 Å². The SMILES string of the molecule is C=CC(O)[C@@H]1CC[C@H]1CN1C[C@@]2(CCCc3cc(Cl)ccc32)COc2ccc(C(=O)C(=O)O)cc21. The quantitative estimate of drug-likeness (QED) is 0.344. The zero-order valence-electron chi connectivity index (χ0n) is 19.6. The lowest BCUT2D eigenvalue weighted by atomic mass is 9.68. The maximum absolute atomic E-state index is 12.3. The molecule has 2 aromatic rings. The molecule has 2 aromatic carbocycles. The number of halogens is 1. The molecular formula is C28H30ClNO5. The number of Topliss-reactive ketones (excluding diaryl/α,β-unsaturated/α-hetero) is 1. The highest BCUT2D eigenvalue weighted by Gasteiger charge is 2.44. The average Bonchev–Trinajstić information content (AvgIpc) is 2.98. The summed E-state index contributed by atoms with van der Waals surface area (Å²) in [4.78, 5) is 25.9. The Bertz CT molecular complexity index is 1180. The third-order valence-electron chi connectivity index (χ3n) is 8.10. The second-order valence-corrected chi connectivity index (χ2v) is 10.6. The van der Waals surface area contributed by atoms with Crippen LogP contribution in [-0.2, 0) is 16.6 Å². The number of benzene rings is 2. The van der Waals surface area contributed by atoms with Gasteiger partial charge >= 0.3 is 5.97 Å². The summed E-state index contributed by atoms with van der Waals surface area (Å²) >= 11 is 6.31. The summed E-state index contributed by atoms with van der Waals surface area (Å²) < 4.78 is 6.38. The molecule has 0 bridgehead atoms. The first-order chi connectivity index (χ1) is 16.8. The molecule has 4 atom stereocenters. The van der Waals surface area contributed by atoms with E-state index in [0.717, 1.165) is 42.8 Å². The minimum absolute atomic E-state index is 0.132. The maximum Gasteiger partial charge on any atom is 0.377 e. The Morgan fingerprint density at radius 3 is 2.80 bits per heavy atom. The van der Waals surface area contributed by atoms with Crippen molar-refractivity contribution in [1.29, 1.82) is 0 Å². The first kappa shape index (κ1) is 23.9. The lowest BCUT2D eigenvalue weighted by Gasteiger charge is -2.45. The second kappa shape index (κ2) is 9.32. The third-order valence-corrected chi connectivity index (χ3v) is 8.34. The van der Waals surface area contributed by atoms with Crippen molar-refractivity contribution >= 4 is 29.0 Å². The number of ketones is 1. The predicted octanol–water partition coefficient (Wildman–Crippen LogP) is 4.65. The van der Waals surface area contributed by atoms with Gasteiger partial charge in [0, 0.05) is 29.1 Å². The van der Waals surface area contributed by atoms with Crippen LogP contribution in [0.2, 0.25) is 5.02 Å². The number of carboxylic acid groups (broad SMARTS) is 1. The van der Waals surface area contributed by atoms with Gasteiger partial charge < -0.3 is 19.8 Å². The smallest absolute Gasteiger partial charge is 0.377 e. The van der Waals surface area contributed by atoms with E-state index < -0.39 is 17.9 Å². The molecule has 3 aliphatic rings. The minimum Gasteiger partial charge on any atom is -0.490 e. The first-order valence-corrected chi connectivity index (χ1v) is 12.6. The number of carbonyl (C=O) groups excluding carboxylic acids is 1. The molecule has 0 saturated heterocycles. The van der Waals surface area contributed by atoms with Gasteiger partial charge in [-0.3, -0.25) is 4.79 Å². The van der Waals surface area contributed by atoms with E-state index in [9.17, 15) is 19.8 Å². The van der Waals surface area contributed by atoms with Crippen molar-refractivity contribution in [2.24, 2.45) is 11.8 Å². The molecule has 1 heterocycles. The molecule has 1 unspecified atom stereocenters. The molecule has 6 nitrogen and oxygen atoms in total. The van der Waals surface area contributed by atoms with Gasteiger partial charge in [-0.05, 0) is 85.4 Å². The predicted molar refractivity (Wildman–Crippen MR) is 135 cm³/mol. The van der Waals surface area contributed by atoms with Crippen molar-refractivity contribution in [2.75, 3.05) is 24.6 Å². The van der Waals surface area contributed by atoms with E-state index >= 15 is 0 Å². The molecule has 0 amide bonds. The van der Waals surface area contributed by atoms with Crippen LogP contribution in [0.5, 0.6) is 5.75 Å². The number of rotatable bonds is 6. The molecular weight excluding hydrogens is 466 g/mol. The Morgan fingerprint density at radius 1 is 1.26 bits per heavy atom. The molecule has 2 aliphatic carbocycles. The van der Waals surface area contributed by atoms with Crippen LogP contribution in [0, 0.1) is 11.8 Å². The maximum atomic E-state index is 12.3. The van der Waals surface area contributed by atoms with Crippen molar-refractivity contribution in [1.82, 2.24) is 0 Å². The van der Waals surface area contributed by atoms with Crippen LogP contribution in [0.4, 0.5) is 5.69 Å². The standard InChI is InChI=1S/C28H30ClNO5/c1-2-24(31)21-8-5-19(21)14-30-15-28(11-3-4-17-12-20(29)7-9-22(17)28)16-35-25-10-6-18(13-23(25)30)26(32)27(33)34/h2,6-7,9-10,12-13,19,21,24,31H,1,3-5,8,11,14-16H2,(H,33,34)/t19-,21+,24?,28-/m0/s1. The van der Waals surface area contributed by atoms with E-state index in [1.807, 2.05) is 12.1 Å². The number of aliphatic carboxylic acids is 1. The van der Waals surface area contributed by atoms with Gasteiger partial charge in [0.15, 0.2) is 0 Å². The van der Waals surface area contributed by atoms with Gasteiger partial charge in [-0.15, -0.1) is 6.58 Å². The summed E-state index contributed by atoms with van der Waals surface area (Å²) in [6.45, 7) is 5.60. The molecule has 7 heteroatoms. The number of aliphatic hydroxyl groups is 1. The van der Waals surface area contributed by atoms with Crippen LogP contribution in [0.15, 0.2) is 49.1 Å². The summed E-state index contributed by atoms with van der Waals surface area (Å²) in [6, 6.07) is 11.0. The Balaban J connectivity index is 1.56. The monoisotopic (exact) mass is 495 g/mol. The van der Waals surface area contributed by atoms with Crippen LogP contribution < -0.4 is 9.64 Å². The van der Waals surface area contributed by atoms with Crippen molar-refractivity contribution in [3.63, 3.8) is 0 Å². The zero-order chi connectivity index (χ0) is 24.7. The number of fused-ring (bicyclic) bond motifs is 3. The first-order valence-electron chi connectivity index (χ1n) is 12.2. The lowest BCUT2D eigenvalue weighted by molar-refractivity contribution is -0.131. The van der Waals surface area contributed by atoms with E-state index in [-0.39, 0.29) is 22.8 Å². The van der Waals surface area contributed by atoms with E-state index in [4.69, 9.17) is 16.3 Å². The van der Waals surface area contributed by atoms with Crippen LogP contribution in [-0.4, -0.2) is 47.8 Å². The highest BCUT2D eigenvalue weighted by molar-refractivity contribution is 6.40. The number of aryl methyl sites for hydroxylation is 1. The van der Waals surface area contributed by atoms with Gasteiger partial charge in [-0.1, -0.05) is 23.7 Å². The fraction of sp³-hybridized carbons (Fsp3) is 0.429. The molecule has 2 N–H and O–H groups in total.